The molecule has 158 valence electrons. The van der Waals surface area contributed by atoms with Gasteiger partial charge in [-0.2, -0.15) is 5.11 Å². The molecule has 2 amide bonds. The number of likely N-dealkylation sites (N-methyl/N-ethyl adjacent to an activating group) is 1. The maximum absolute atomic E-state index is 12.8. The van der Waals surface area contributed by atoms with Crippen molar-refractivity contribution in [1.29, 1.82) is 0 Å². The Labute approximate surface area is 177 Å². The number of carbonyl (C=O) groups is 2. The van der Waals surface area contributed by atoms with Gasteiger partial charge in [0.2, 0.25) is 5.84 Å². The van der Waals surface area contributed by atoms with Crippen molar-refractivity contribution in [2.45, 2.75) is 12.6 Å². The summed E-state index contributed by atoms with van der Waals surface area (Å²) in [5.74, 6) is -1.03. The molecule has 0 spiro atoms. The van der Waals surface area contributed by atoms with Crippen LogP contribution in [0, 0.1) is 0 Å². The number of nitrogens with one attached hydrogen (secondary N) is 1. The van der Waals surface area contributed by atoms with Crippen LogP contribution in [0.25, 0.3) is 11.0 Å². The summed E-state index contributed by atoms with van der Waals surface area (Å²) in [5, 5.41) is 14.4. The largest absolute Gasteiger partial charge is 0.489 e. The van der Waals surface area contributed by atoms with E-state index in [9.17, 15) is 9.59 Å². The molecule has 10 nitrogen and oxygen atoms in total. The maximum atomic E-state index is 12.8. The van der Waals surface area contributed by atoms with Crippen molar-refractivity contribution in [3.8, 4) is 5.75 Å². The highest BCUT2D eigenvalue weighted by molar-refractivity contribution is 6.37. The summed E-state index contributed by atoms with van der Waals surface area (Å²) in [6.45, 7) is 0.233. The number of anilines is 1. The van der Waals surface area contributed by atoms with E-state index in [4.69, 9.17) is 14.9 Å². The molecule has 0 fully saturated rings. The van der Waals surface area contributed by atoms with Gasteiger partial charge in [-0.15, -0.1) is 5.10 Å². The lowest BCUT2D eigenvalue weighted by atomic mass is 10.2. The molecule has 0 saturated heterocycles. The third-order valence-corrected chi connectivity index (χ3v) is 4.78. The number of rotatable bonds is 4. The van der Waals surface area contributed by atoms with Gasteiger partial charge in [0.25, 0.3) is 11.8 Å². The predicted octanol–water partition coefficient (Wildman–Crippen LogP) is 2.20. The van der Waals surface area contributed by atoms with Gasteiger partial charge >= 0.3 is 0 Å². The average molecular weight is 420 g/mol. The Balaban J connectivity index is 1.41. The Morgan fingerprint density at radius 2 is 2.06 bits per heavy atom. The molecule has 2 aromatic carbocycles. The molecule has 0 aliphatic carbocycles. The molecule has 1 aromatic heterocycles. The van der Waals surface area contributed by atoms with Gasteiger partial charge in [-0.3, -0.25) is 9.59 Å². The maximum Gasteiger partial charge on any atom is 0.289 e. The van der Waals surface area contributed by atoms with Crippen LogP contribution in [0.4, 0.5) is 5.69 Å². The summed E-state index contributed by atoms with van der Waals surface area (Å²) in [6, 6.07) is 13.8. The van der Waals surface area contributed by atoms with Gasteiger partial charge < -0.3 is 25.1 Å². The van der Waals surface area contributed by atoms with Gasteiger partial charge in [0.05, 0.1) is 18.5 Å². The van der Waals surface area contributed by atoms with Crippen LogP contribution in [0.2, 0.25) is 0 Å². The van der Waals surface area contributed by atoms with Crippen LogP contribution in [0.3, 0.4) is 0 Å². The van der Waals surface area contributed by atoms with Gasteiger partial charge in [-0.05, 0) is 22.9 Å². The SMILES string of the molecule is CN1C(=O)C(NC(=O)C(N)=NN=NCc2ccccc2)COc2cc3occc3cc21. The summed E-state index contributed by atoms with van der Waals surface area (Å²) < 4.78 is 11.1. The summed E-state index contributed by atoms with van der Waals surface area (Å²) in [5.41, 5.74) is 7.84. The highest BCUT2D eigenvalue weighted by Gasteiger charge is 2.31. The molecular formula is C21H20N6O4. The Morgan fingerprint density at radius 1 is 1.26 bits per heavy atom. The number of furan rings is 1. The zero-order chi connectivity index (χ0) is 21.8. The number of hydrogen-bond donors (Lipinski definition) is 2. The third-order valence-electron chi connectivity index (χ3n) is 4.78. The van der Waals surface area contributed by atoms with E-state index in [-0.39, 0.29) is 12.5 Å². The van der Waals surface area contributed by atoms with Crippen molar-refractivity contribution >= 4 is 34.3 Å². The fraction of sp³-hybridized carbons (Fsp3) is 0.190. The number of amidine groups is 1. The summed E-state index contributed by atoms with van der Waals surface area (Å²) >= 11 is 0. The minimum atomic E-state index is -0.953. The van der Waals surface area contributed by atoms with E-state index >= 15 is 0 Å². The van der Waals surface area contributed by atoms with Crippen molar-refractivity contribution in [3.05, 3.63) is 60.4 Å². The molecule has 10 heteroatoms. The molecule has 4 rings (SSSR count). The summed E-state index contributed by atoms with van der Waals surface area (Å²) in [6.07, 6.45) is 1.56. The highest BCUT2D eigenvalue weighted by Crippen LogP contribution is 2.35. The van der Waals surface area contributed by atoms with Crippen molar-refractivity contribution in [3.63, 3.8) is 0 Å². The van der Waals surface area contributed by atoms with E-state index < -0.39 is 17.8 Å². The first-order valence-corrected chi connectivity index (χ1v) is 9.49. The first-order chi connectivity index (χ1) is 15.0. The monoisotopic (exact) mass is 420 g/mol. The second-order valence-corrected chi connectivity index (χ2v) is 6.87. The molecule has 0 bridgehead atoms. The Bertz CT molecular complexity index is 1170. The number of hydrogen-bond acceptors (Lipinski definition) is 6. The first kappa shape index (κ1) is 20.1. The number of nitrogens with zero attached hydrogens (tertiary/aromatic N) is 4. The average Bonchev–Trinajstić information content (AvgIpc) is 3.21. The Morgan fingerprint density at radius 3 is 2.87 bits per heavy atom. The van der Waals surface area contributed by atoms with Gasteiger partial charge in [0.1, 0.15) is 24.0 Å². The molecular weight excluding hydrogens is 400 g/mol. The van der Waals surface area contributed by atoms with E-state index in [1.54, 1.807) is 31.5 Å². The second kappa shape index (κ2) is 8.66. The lowest BCUT2D eigenvalue weighted by Crippen LogP contribution is -2.52. The number of fused-ring (bicyclic) bond motifs is 2. The lowest BCUT2D eigenvalue weighted by Gasteiger charge is -2.20. The third kappa shape index (κ3) is 4.37. The van der Waals surface area contributed by atoms with E-state index in [0.717, 1.165) is 10.9 Å². The Hall–Kier alpha value is -4.21. The van der Waals surface area contributed by atoms with Crippen LogP contribution in [0.1, 0.15) is 5.56 Å². The molecule has 1 unspecified atom stereocenters. The number of nitrogens with two attached hydrogens (primary N) is 1. The standard InChI is InChI=1S/C21H20N6O4/c1-27-16-9-14-7-8-30-17(14)10-18(16)31-12-15(21(27)29)24-20(28)19(22)25-26-23-11-13-5-3-2-4-6-13/h2-10,15H,11-12H2,1H3,(H,24,28)(H2,22,23,25). The topological polar surface area (TPSA) is 135 Å². The van der Waals surface area contributed by atoms with Crippen molar-refractivity contribution in [2.24, 2.45) is 21.2 Å². The van der Waals surface area contributed by atoms with Gasteiger partial charge in [-0.1, -0.05) is 30.3 Å². The number of ether oxygens (including phenoxy) is 1. The van der Waals surface area contributed by atoms with E-state index in [2.05, 4.69) is 20.8 Å². The van der Waals surface area contributed by atoms with Crippen LogP contribution in [0.5, 0.6) is 5.75 Å². The van der Waals surface area contributed by atoms with Gasteiger partial charge in [0.15, 0.2) is 0 Å². The van der Waals surface area contributed by atoms with E-state index in [1.165, 1.54) is 4.90 Å². The predicted molar refractivity (Wildman–Crippen MR) is 114 cm³/mol. The molecule has 1 atom stereocenters. The van der Waals surface area contributed by atoms with E-state index in [0.29, 0.717) is 23.6 Å². The second-order valence-electron chi connectivity index (χ2n) is 6.87. The van der Waals surface area contributed by atoms with Crippen LogP contribution >= 0.6 is 0 Å². The van der Waals surface area contributed by atoms with Crippen molar-refractivity contribution in [2.75, 3.05) is 18.6 Å². The van der Waals surface area contributed by atoms with Crippen molar-refractivity contribution < 1.29 is 18.7 Å². The summed E-state index contributed by atoms with van der Waals surface area (Å²) in [7, 11) is 1.61. The van der Waals surface area contributed by atoms with Crippen LogP contribution in [-0.2, 0) is 16.1 Å². The zero-order valence-corrected chi connectivity index (χ0v) is 16.7. The molecule has 0 saturated carbocycles. The normalized spacial score (nSPS) is 16.8. The van der Waals surface area contributed by atoms with Gasteiger partial charge in [0, 0.05) is 18.5 Å². The van der Waals surface area contributed by atoms with Crippen LogP contribution in [-0.4, -0.2) is 37.3 Å². The van der Waals surface area contributed by atoms with Crippen LogP contribution in [0.15, 0.2) is 74.7 Å². The highest BCUT2D eigenvalue weighted by atomic mass is 16.5. The number of benzene rings is 2. The number of amides is 2. The van der Waals surface area contributed by atoms with E-state index in [1.807, 2.05) is 30.3 Å². The molecule has 2 heterocycles. The lowest BCUT2D eigenvalue weighted by molar-refractivity contribution is -0.124. The smallest absolute Gasteiger partial charge is 0.289 e. The minimum absolute atomic E-state index is 0.0725. The minimum Gasteiger partial charge on any atom is -0.489 e. The fourth-order valence-corrected chi connectivity index (χ4v) is 3.11. The quantitative estimate of drug-likeness (QED) is 0.289. The van der Waals surface area contributed by atoms with Gasteiger partial charge in [-0.25, -0.2) is 0 Å². The molecule has 1 aliphatic heterocycles. The molecule has 3 aromatic rings. The van der Waals surface area contributed by atoms with Crippen LogP contribution < -0.4 is 20.7 Å². The Kier molecular flexibility index (Phi) is 5.61. The molecule has 3 N–H and O–H groups in total. The summed E-state index contributed by atoms with van der Waals surface area (Å²) in [4.78, 5) is 26.6. The fourth-order valence-electron chi connectivity index (χ4n) is 3.11. The number of carbonyl (C=O) groups excluding carboxylic acids is 2. The molecule has 0 radical (unpaired) electrons. The van der Waals surface area contributed by atoms with Crippen molar-refractivity contribution in [1.82, 2.24) is 5.32 Å². The zero-order valence-electron chi connectivity index (χ0n) is 16.7. The first-order valence-electron chi connectivity index (χ1n) is 9.49. The molecule has 31 heavy (non-hydrogen) atoms. The molecule has 1 aliphatic rings.